The van der Waals surface area contributed by atoms with Crippen LogP contribution in [0, 0.1) is 0 Å². The van der Waals surface area contributed by atoms with E-state index in [0.29, 0.717) is 16.8 Å². The lowest BCUT2D eigenvalue weighted by Crippen LogP contribution is -2.65. The molecule has 2 aliphatic rings. The predicted octanol–water partition coefficient (Wildman–Crippen LogP) is 2.39. The van der Waals surface area contributed by atoms with Crippen LogP contribution in [0.15, 0.2) is 54.6 Å². The summed E-state index contributed by atoms with van der Waals surface area (Å²) in [5.41, 5.74) is 0.738. The molecule has 0 radical (unpaired) electrons. The first kappa shape index (κ1) is 19.7. The molecule has 2 aromatic rings. The number of rotatable bonds is 5. The summed E-state index contributed by atoms with van der Waals surface area (Å²) in [7, 11) is 0. The maximum absolute atomic E-state index is 12.5. The number of piperazine rings is 1. The highest BCUT2D eigenvalue weighted by molar-refractivity contribution is 6.30. The second-order valence-corrected chi connectivity index (χ2v) is 7.83. The Balaban J connectivity index is 1.18. The van der Waals surface area contributed by atoms with E-state index in [4.69, 9.17) is 16.3 Å². The summed E-state index contributed by atoms with van der Waals surface area (Å²) in [4.78, 5) is 30.9. The topological polar surface area (TPSA) is 53.1 Å². The van der Waals surface area contributed by atoms with Gasteiger partial charge in [0.1, 0.15) is 5.75 Å². The third-order valence-corrected chi connectivity index (χ3v) is 5.78. The summed E-state index contributed by atoms with van der Waals surface area (Å²) in [5, 5.41) is 0.639. The smallest absolute Gasteiger partial charge is 0.260 e. The summed E-state index contributed by atoms with van der Waals surface area (Å²) < 4.78 is 5.54. The van der Waals surface area contributed by atoms with Crippen molar-refractivity contribution in [1.82, 2.24) is 14.7 Å². The molecule has 2 heterocycles. The first-order chi connectivity index (χ1) is 14.1. The Bertz CT molecular complexity index is 845. The molecular formula is C22H24ClN3O3. The zero-order valence-corrected chi connectivity index (χ0v) is 16.9. The number of hydrogen-bond donors (Lipinski definition) is 0. The molecule has 152 valence electrons. The van der Waals surface area contributed by atoms with Crippen molar-refractivity contribution < 1.29 is 14.3 Å². The molecule has 29 heavy (non-hydrogen) atoms. The normalized spacial score (nSPS) is 17.7. The van der Waals surface area contributed by atoms with Crippen LogP contribution in [-0.4, -0.2) is 78.4 Å². The first-order valence-electron chi connectivity index (χ1n) is 9.84. The molecule has 0 bridgehead atoms. The Morgan fingerprint density at radius 3 is 2.21 bits per heavy atom. The van der Waals surface area contributed by atoms with Crippen molar-refractivity contribution in [2.75, 3.05) is 45.9 Å². The van der Waals surface area contributed by atoms with Gasteiger partial charge >= 0.3 is 0 Å². The van der Waals surface area contributed by atoms with Crippen LogP contribution < -0.4 is 4.74 Å². The second-order valence-electron chi connectivity index (χ2n) is 7.39. The van der Waals surface area contributed by atoms with E-state index < -0.39 is 0 Å². The van der Waals surface area contributed by atoms with Crippen molar-refractivity contribution in [2.45, 2.75) is 6.04 Å². The highest BCUT2D eigenvalue weighted by atomic mass is 35.5. The maximum atomic E-state index is 12.5. The number of hydrogen-bond acceptors (Lipinski definition) is 4. The van der Waals surface area contributed by atoms with Crippen LogP contribution in [0.5, 0.6) is 5.75 Å². The minimum Gasteiger partial charge on any atom is -0.484 e. The van der Waals surface area contributed by atoms with Crippen LogP contribution in [0.25, 0.3) is 0 Å². The summed E-state index contributed by atoms with van der Waals surface area (Å²) in [5.74, 6) is 0.725. The number of amides is 2. The van der Waals surface area contributed by atoms with Gasteiger partial charge in [-0.2, -0.15) is 0 Å². The van der Waals surface area contributed by atoms with E-state index in [1.54, 1.807) is 24.3 Å². The third-order valence-electron chi connectivity index (χ3n) is 5.53. The number of carbonyl (C=O) groups excluding carboxylic acids is 2. The highest BCUT2D eigenvalue weighted by Crippen LogP contribution is 2.19. The van der Waals surface area contributed by atoms with Crippen LogP contribution in [0.3, 0.4) is 0 Å². The van der Waals surface area contributed by atoms with Crippen LogP contribution in [0.4, 0.5) is 0 Å². The maximum Gasteiger partial charge on any atom is 0.260 e. The summed E-state index contributed by atoms with van der Waals surface area (Å²) in [6, 6.07) is 16.8. The minimum atomic E-state index is -0.00547. The van der Waals surface area contributed by atoms with Gasteiger partial charge in [-0.3, -0.25) is 14.5 Å². The Hall–Kier alpha value is -2.57. The highest BCUT2D eigenvalue weighted by Gasteiger charge is 2.36. The molecule has 2 aliphatic heterocycles. The largest absolute Gasteiger partial charge is 0.484 e. The molecule has 0 aromatic heterocycles. The standard InChI is InChI=1S/C22H24ClN3O3/c23-18-6-8-20(9-7-18)29-16-21(27)26-14-19(15-26)24-10-12-25(13-11-24)22(28)17-4-2-1-3-5-17/h1-9,19H,10-16H2. The quantitative estimate of drug-likeness (QED) is 0.755. The Kier molecular flexibility index (Phi) is 6.02. The van der Waals surface area contributed by atoms with E-state index in [2.05, 4.69) is 4.90 Å². The molecular weight excluding hydrogens is 390 g/mol. The number of carbonyl (C=O) groups is 2. The number of halogens is 1. The van der Waals surface area contributed by atoms with Gasteiger partial charge in [0.15, 0.2) is 6.61 Å². The zero-order valence-electron chi connectivity index (χ0n) is 16.2. The Morgan fingerprint density at radius 2 is 1.55 bits per heavy atom. The monoisotopic (exact) mass is 413 g/mol. The van der Waals surface area contributed by atoms with Gasteiger partial charge in [0.05, 0.1) is 0 Å². The van der Waals surface area contributed by atoms with Crippen molar-refractivity contribution in [3.05, 3.63) is 65.2 Å². The zero-order chi connectivity index (χ0) is 20.2. The van der Waals surface area contributed by atoms with Crippen LogP contribution in [0.2, 0.25) is 5.02 Å². The molecule has 2 aromatic carbocycles. The van der Waals surface area contributed by atoms with Crippen LogP contribution >= 0.6 is 11.6 Å². The molecule has 0 aliphatic carbocycles. The Morgan fingerprint density at radius 1 is 0.897 bits per heavy atom. The summed E-state index contributed by atoms with van der Waals surface area (Å²) >= 11 is 5.85. The Labute approximate surface area is 175 Å². The molecule has 0 unspecified atom stereocenters. The lowest BCUT2D eigenvalue weighted by molar-refractivity contribution is -0.141. The van der Waals surface area contributed by atoms with Gasteiger partial charge in [0, 0.05) is 55.9 Å². The van der Waals surface area contributed by atoms with Gasteiger partial charge in [0.2, 0.25) is 0 Å². The first-order valence-corrected chi connectivity index (χ1v) is 10.2. The van der Waals surface area contributed by atoms with Gasteiger partial charge in [-0.15, -0.1) is 0 Å². The van der Waals surface area contributed by atoms with E-state index in [1.165, 1.54) is 0 Å². The molecule has 2 saturated heterocycles. The second kappa shape index (κ2) is 8.84. The van der Waals surface area contributed by atoms with Crippen molar-refractivity contribution in [3.8, 4) is 5.75 Å². The van der Waals surface area contributed by atoms with Crippen LogP contribution in [-0.2, 0) is 4.79 Å². The molecule has 0 spiro atoms. The number of nitrogens with zero attached hydrogens (tertiary/aromatic N) is 3. The molecule has 2 fully saturated rings. The summed E-state index contributed by atoms with van der Waals surface area (Å²) in [6.45, 7) is 4.59. The van der Waals surface area contributed by atoms with Gasteiger partial charge in [-0.1, -0.05) is 29.8 Å². The minimum absolute atomic E-state index is 0.00547. The molecule has 0 atom stereocenters. The van der Waals surface area contributed by atoms with Crippen molar-refractivity contribution >= 4 is 23.4 Å². The fraction of sp³-hybridized carbons (Fsp3) is 0.364. The van der Waals surface area contributed by atoms with Crippen molar-refractivity contribution in [2.24, 2.45) is 0 Å². The molecule has 4 rings (SSSR count). The number of benzene rings is 2. The van der Waals surface area contributed by atoms with E-state index in [0.717, 1.165) is 44.8 Å². The van der Waals surface area contributed by atoms with Crippen molar-refractivity contribution in [3.63, 3.8) is 0 Å². The van der Waals surface area contributed by atoms with Gasteiger partial charge in [0.25, 0.3) is 11.8 Å². The van der Waals surface area contributed by atoms with E-state index >= 15 is 0 Å². The van der Waals surface area contributed by atoms with Gasteiger partial charge in [-0.05, 0) is 36.4 Å². The molecule has 7 heteroatoms. The number of likely N-dealkylation sites (tertiary alicyclic amines) is 1. The van der Waals surface area contributed by atoms with Gasteiger partial charge in [-0.25, -0.2) is 0 Å². The van der Waals surface area contributed by atoms with Crippen LogP contribution in [0.1, 0.15) is 10.4 Å². The number of ether oxygens (including phenoxy) is 1. The summed E-state index contributed by atoms with van der Waals surface area (Å²) in [6.07, 6.45) is 0. The van der Waals surface area contributed by atoms with Crippen molar-refractivity contribution in [1.29, 1.82) is 0 Å². The molecule has 0 N–H and O–H groups in total. The fourth-order valence-electron chi connectivity index (χ4n) is 3.71. The lowest BCUT2D eigenvalue weighted by Gasteiger charge is -2.48. The van der Waals surface area contributed by atoms with Gasteiger partial charge < -0.3 is 14.5 Å². The lowest BCUT2D eigenvalue weighted by atomic mass is 10.1. The van der Waals surface area contributed by atoms with E-state index in [9.17, 15) is 9.59 Å². The average Bonchev–Trinajstić information content (AvgIpc) is 2.73. The van der Waals surface area contributed by atoms with E-state index in [-0.39, 0.29) is 18.4 Å². The molecule has 2 amide bonds. The van der Waals surface area contributed by atoms with E-state index in [1.807, 2.05) is 40.1 Å². The molecule has 6 nitrogen and oxygen atoms in total. The SMILES string of the molecule is O=C(COc1ccc(Cl)cc1)N1CC(N2CCN(C(=O)c3ccccc3)CC2)C1. The fourth-order valence-corrected chi connectivity index (χ4v) is 3.84. The average molecular weight is 414 g/mol. The third kappa shape index (κ3) is 4.71. The molecule has 0 saturated carbocycles. The predicted molar refractivity (Wildman–Crippen MR) is 111 cm³/mol.